The lowest BCUT2D eigenvalue weighted by Crippen LogP contribution is -2.36. The van der Waals surface area contributed by atoms with E-state index in [0.29, 0.717) is 6.42 Å². The van der Waals surface area contributed by atoms with E-state index in [1.54, 1.807) is 0 Å². The number of nitrogens with one attached hydrogen (secondary N) is 2. The summed E-state index contributed by atoms with van der Waals surface area (Å²) >= 11 is 0. The highest BCUT2D eigenvalue weighted by Gasteiger charge is 2.13. The second-order valence-electron chi connectivity index (χ2n) is 4.39. The second kappa shape index (κ2) is 8.00. The average molecular weight is 251 g/mol. The molecule has 0 saturated heterocycles. The van der Waals surface area contributed by atoms with Crippen molar-refractivity contribution >= 4 is 10.0 Å². The molecular formula is C10H25N3O2S. The zero-order valence-electron chi connectivity index (χ0n) is 10.8. The molecule has 0 spiro atoms. The number of hydrogen-bond acceptors (Lipinski definition) is 4. The Balaban J connectivity index is 3.86. The third-order valence-electron chi connectivity index (χ3n) is 2.23. The van der Waals surface area contributed by atoms with Gasteiger partial charge in [-0.2, -0.15) is 0 Å². The summed E-state index contributed by atoms with van der Waals surface area (Å²) in [6, 6.07) is 0.00184. The van der Waals surface area contributed by atoms with E-state index < -0.39 is 10.0 Å². The Morgan fingerprint density at radius 1 is 1.31 bits per heavy atom. The lowest BCUT2D eigenvalue weighted by atomic mass is 10.2. The van der Waals surface area contributed by atoms with E-state index in [1.165, 1.54) is 0 Å². The third-order valence-corrected chi connectivity index (χ3v) is 3.82. The molecule has 0 rings (SSSR count). The predicted molar refractivity (Wildman–Crippen MR) is 68.1 cm³/mol. The Labute approximate surface area is 99.6 Å². The van der Waals surface area contributed by atoms with Gasteiger partial charge in [0, 0.05) is 6.04 Å². The lowest BCUT2D eigenvalue weighted by Gasteiger charge is -2.16. The molecule has 0 aromatic heterocycles. The van der Waals surface area contributed by atoms with Gasteiger partial charge in [-0.3, -0.25) is 0 Å². The van der Waals surface area contributed by atoms with Gasteiger partial charge < -0.3 is 10.2 Å². The molecule has 1 unspecified atom stereocenters. The van der Waals surface area contributed by atoms with Crippen LogP contribution in [0, 0.1) is 0 Å². The van der Waals surface area contributed by atoms with Crippen LogP contribution in [0.15, 0.2) is 0 Å². The molecule has 0 fully saturated rings. The van der Waals surface area contributed by atoms with Crippen LogP contribution in [0.4, 0.5) is 0 Å². The Kier molecular flexibility index (Phi) is 7.91. The molecule has 0 aliphatic carbocycles. The van der Waals surface area contributed by atoms with E-state index in [1.807, 2.05) is 33.0 Å². The van der Waals surface area contributed by atoms with Gasteiger partial charge in [0.2, 0.25) is 10.0 Å². The molecule has 0 saturated carbocycles. The van der Waals surface area contributed by atoms with Crippen molar-refractivity contribution in [1.29, 1.82) is 0 Å². The van der Waals surface area contributed by atoms with Crippen molar-refractivity contribution in [2.75, 3.05) is 40.0 Å². The van der Waals surface area contributed by atoms with Crippen LogP contribution in [-0.4, -0.2) is 59.3 Å². The van der Waals surface area contributed by atoms with Crippen LogP contribution < -0.4 is 10.0 Å². The molecule has 2 N–H and O–H groups in total. The summed E-state index contributed by atoms with van der Waals surface area (Å²) in [4.78, 5) is 2.05. The van der Waals surface area contributed by atoms with Crippen LogP contribution in [0.2, 0.25) is 0 Å². The normalized spacial score (nSPS) is 14.3. The molecule has 0 amide bonds. The monoisotopic (exact) mass is 251 g/mol. The Hall–Kier alpha value is -0.170. The van der Waals surface area contributed by atoms with Crippen molar-refractivity contribution in [3.05, 3.63) is 0 Å². The van der Waals surface area contributed by atoms with Gasteiger partial charge in [0.25, 0.3) is 0 Å². The highest BCUT2D eigenvalue weighted by molar-refractivity contribution is 7.89. The summed E-state index contributed by atoms with van der Waals surface area (Å²) in [5, 5.41) is 2.93. The topological polar surface area (TPSA) is 61.4 Å². The van der Waals surface area contributed by atoms with Crippen LogP contribution >= 0.6 is 0 Å². The van der Waals surface area contributed by atoms with Crippen LogP contribution in [0.1, 0.15) is 19.8 Å². The van der Waals surface area contributed by atoms with Gasteiger partial charge in [-0.15, -0.1) is 0 Å². The van der Waals surface area contributed by atoms with Gasteiger partial charge in [0.1, 0.15) is 0 Å². The molecule has 16 heavy (non-hydrogen) atoms. The minimum absolute atomic E-state index is 0.00184. The molecule has 0 heterocycles. The molecule has 98 valence electrons. The van der Waals surface area contributed by atoms with E-state index in [4.69, 9.17) is 0 Å². The molecule has 6 heteroatoms. The van der Waals surface area contributed by atoms with Crippen molar-refractivity contribution in [2.24, 2.45) is 0 Å². The summed E-state index contributed by atoms with van der Waals surface area (Å²) in [6.07, 6.45) is 1.48. The van der Waals surface area contributed by atoms with Crippen molar-refractivity contribution in [2.45, 2.75) is 25.8 Å². The fourth-order valence-electron chi connectivity index (χ4n) is 1.32. The van der Waals surface area contributed by atoms with Crippen molar-refractivity contribution < 1.29 is 8.42 Å². The molecule has 1 atom stereocenters. The zero-order valence-corrected chi connectivity index (χ0v) is 11.6. The minimum atomic E-state index is -3.11. The fourth-order valence-corrected chi connectivity index (χ4v) is 2.69. The van der Waals surface area contributed by atoms with Crippen LogP contribution in [-0.2, 0) is 10.0 Å². The van der Waals surface area contributed by atoms with E-state index in [-0.39, 0.29) is 11.8 Å². The SMILES string of the molecule is CNCCCS(=O)(=O)NC(C)CCN(C)C. The Morgan fingerprint density at radius 3 is 2.44 bits per heavy atom. The quantitative estimate of drug-likeness (QED) is 0.560. The van der Waals surface area contributed by atoms with Crippen molar-refractivity contribution in [3.63, 3.8) is 0 Å². The summed E-state index contributed by atoms with van der Waals surface area (Å²) in [5.74, 6) is 0.195. The summed E-state index contributed by atoms with van der Waals surface area (Å²) in [5.41, 5.74) is 0. The molecule has 0 aromatic carbocycles. The van der Waals surface area contributed by atoms with Gasteiger partial charge in [-0.25, -0.2) is 13.1 Å². The van der Waals surface area contributed by atoms with E-state index >= 15 is 0 Å². The molecule has 0 aliphatic rings. The van der Waals surface area contributed by atoms with Gasteiger partial charge in [0.15, 0.2) is 0 Å². The van der Waals surface area contributed by atoms with Gasteiger partial charge >= 0.3 is 0 Å². The van der Waals surface area contributed by atoms with Gasteiger partial charge in [-0.1, -0.05) is 0 Å². The Bertz CT molecular complexity index is 265. The molecular weight excluding hydrogens is 226 g/mol. The first-order chi connectivity index (χ1) is 7.37. The first-order valence-electron chi connectivity index (χ1n) is 5.66. The Morgan fingerprint density at radius 2 is 1.94 bits per heavy atom. The maximum atomic E-state index is 11.6. The van der Waals surface area contributed by atoms with Crippen LogP contribution in [0.25, 0.3) is 0 Å². The number of nitrogens with zero attached hydrogens (tertiary/aromatic N) is 1. The van der Waals surface area contributed by atoms with Crippen molar-refractivity contribution in [3.8, 4) is 0 Å². The number of sulfonamides is 1. The van der Waals surface area contributed by atoms with E-state index in [0.717, 1.165) is 19.5 Å². The molecule has 0 radical (unpaired) electrons. The summed E-state index contributed by atoms with van der Waals surface area (Å²) in [6.45, 7) is 3.52. The van der Waals surface area contributed by atoms with E-state index in [9.17, 15) is 8.42 Å². The number of rotatable bonds is 9. The number of hydrogen-bond donors (Lipinski definition) is 2. The highest BCUT2D eigenvalue weighted by Crippen LogP contribution is 1.97. The fraction of sp³-hybridized carbons (Fsp3) is 1.00. The molecule has 0 aromatic rings. The maximum absolute atomic E-state index is 11.6. The standard InChI is InChI=1S/C10H25N3O2S/c1-10(6-8-13(3)4)12-16(14,15)9-5-7-11-2/h10-12H,5-9H2,1-4H3. The second-order valence-corrected chi connectivity index (χ2v) is 6.26. The minimum Gasteiger partial charge on any atom is -0.320 e. The van der Waals surface area contributed by atoms with Crippen LogP contribution in [0.5, 0.6) is 0 Å². The van der Waals surface area contributed by atoms with Gasteiger partial charge in [-0.05, 0) is 54.0 Å². The smallest absolute Gasteiger partial charge is 0.211 e. The third kappa shape index (κ3) is 9.08. The van der Waals surface area contributed by atoms with Crippen LogP contribution in [0.3, 0.4) is 0 Å². The van der Waals surface area contributed by atoms with E-state index in [2.05, 4.69) is 10.0 Å². The lowest BCUT2D eigenvalue weighted by molar-refractivity contribution is 0.379. The average Bonchev–Trinajstić information content (AvgIpc) is 2.14. The molecule has 0 bridgehead atoms. The summed E-state index contributed by atoms with van der Waals surface area (Å²) < 4.78 is 25.9. The molecule has 5 nitrogen and oxygen atoms in total. The first-order valence-corrected chi connectivity index (χ1v) is 7.32. The predicted octanol–water partition coefficient (Wildman–Crippen LogP) is -0.144. The summed E-state index contributed by atoms with van der Waals surface area (Å²) in [7, 11) is 2.67. The van der Waals surface area contributed by atoms with Crippen molar-refractivity contribution in [1.82, 2.24) is 14.9 Å². The maximum Gasteiger partial charge on any atom is 0.211 e. The van der Waals surface area contributed by atoms with Gasteiger partial charge in [0.05, 0.1) is 5.75 Å². The highest BCUT2D eigenvalue weighted by atomic mass is 32.2. The largest absolute Gasteiger partial charge is 0.320 e. The molecule has 0 aliphatic heterocycles. The zero-order chi connectivity index (χ0) is 12.6. The first kappa shape index (κ1) is 15.8.